The van der Waals surface area contributed by atoms with Gasteiger partial charge in [0.05, 0.1) is 25.0 Å². The van der Waals surface area contributed by atoms with E-state index in [0.29, 0.717) is 28.8 Å². The summed E-state index contributed by atoms with van der Waals surface area (Å²) >= 11 is 2.17. The SMILES string of the molecule is CCn1c(CNC(=O)c2nc(CI)cnc2N)[n+](CC)c2ccc(C(=O)N(C)CCN(C)C)cc21. The summed E-state index contributed by atoms with van der Waals surface area (Å²) in [6.07, 6.45) is 1.58. The Morgan fingerprint density at radius 1 is 1.20 bits per heavy atom. The van der Waals surface area contributed by atoms with Gasteiger partial charge in [-0.15, -0.1) is 0 Å². The van der Waals surface area contributed by atoms with Gasteiger partial charge in [-0.05, 0) is 40.1 Å². The Morgan fingerprint density at radius 3 is 2.57 bits per heavy atom. The van der Waals surface area contributed by atoms with Crippen molar-refractivity contribution in [3.63, 3.8) is 0 Å². The van der Waals surface area contributed by atoms with E-state index in [9.17, 15) is 9.59 Å². The van der Waals surface area contributed by atoms with E-state index in [0.717, 1.165) is 29.9 Å². The molecular weight excluding hydrogens is 559 g/mol. The Balaban J connectivity index is 1.91. The van der Waals surface area contributed by atoms with Crippen molar-refractivity contribution in [2.24, 2.45) is 0 Å². The average Bonchev–Trinajstić information content (AvgIpc) is 3.17. The Hall–Kier alpha value is -2.80. The van der Waals surface area contributed by atoms with E-state index in [-0.39, 0.29) is 29.9 Å². The first-order chi connectivity index (χ1) is 16.7. The van der Waals surface area contributed by atoms with Crippen LogP contribution in [-0.4, -0.2) is 70.4 Å². The van der Waals surface area contributed by atoms with E-state index < -0.39 is 0 Å². The summed E-state index contributed by atoms with van der Waals surface area (Å²) in [6.45, 7) is 7.26. The molecule has 2 heterocycles. The third-order valence-electron chi connectivity index (χ3n) is 5.90. The molecule has 188 valence electrons. The highest BCUT2D eigenvalue weighted by molar-refractivity contribution is 14.1. The number of hydrogen-bond acceptors (Lipinski definition) is 6. The van der Waals surface area contributed by atoms with Gasteiger partial charge in [0.25, 0.3) is 17.6 Å². The number of nitrogens with one attached hydrogen (secondary N) is 1. The number of rotatable bonds is 10. The van der Waals surface area contributed by atoms with Gasteiger partial charge in [-0.2, -0.15) is 0 Å². The van der Waals surface area contributed by atoms with Gasteiger partial charge < -0.3 is 20.9 Å². The van der Waals surface area contributed by atoms with Gasteiger partial charge in [-0.1, -0.05) is 22.6 Å². The number of carbonyl (C=O) groups is 2. The van der Waals surface area contributed by atoms with Gasteiger partial charge in [0.15, 0.2) is 22.5 Å². The van der Waals surface area contributed by atoms with Crippen molar-refractivity contribution in [3.05, 3.63) is 47.2 Å². The zero-order chi connectivity index (χ0) is 25.7. The number of likely N-dealkylation sites (N-methyl/N-ethyl adjacent to an activating group) is 2. The number of nitrogens with zero attached hydrogens (tertiary/aromatic N) is 6. The lowest BCUT2D eigenvalue weighted by molar-refractivity contribution is -0.676. The monoisotopic (exact) mass is 593 g/mol. The molecule has 2 aromatic heterocycles. The van der Waals surface area contributed by atoms with Crippen molar-refractivity contribution in [1.29, 1.82) is 0 Å². The molecule has 10 nitrogen and oxygen atoms in total. The lowest BCUT2D eigenvalue weighted by Gasteiger charge is -2.19. The largest absolute Gasteiger partial charge is 0.382 e. The molecule has 0 spiro atoms. The molecule has 0 bridgehead atoms. The number of halogens is 1. The minimum atomic E-state index is -0.365. The highest BCUT2D eigenvalue weighted by Gasteiger charge is 2.26. The highest BCUT2D eigenvalue weighted by atomic mass is 127. The molecule has 0 saturated carbocycles. The van der Waals surface area contributed by atoms with Gasteiger partial charge in [-0.3, -0.25) is 9.59 Å². The maximum Gasteiger partial charge on any atom is 0.277 e. The summed E-state index contributed by atoms with van der Waals surface area (Å²) in [5, 5.41) is 2.96. The van der Waals surface area contributed by atoms with E-state index in [1.165, 1.54) is 0 Å². The summed E-state index contributed by atoms with van der Waals surface area (Å²) in [5.41, 5.74) is 9.35. The molecule has 2 amide bonds. The molecule has 0 fully saturated rings. The van der Waals surface area contributed by atoms with Crippen LogP contribution in [0.15, 0.2) is 24.4 Å². The predicted molar refractivity (Wildman–Crippen MR) is 144 cm³/mol. The third-order valence-corrected chi connectivity index (χ3v) is 6.68. The summed E-state index contributed by atoms with van der Waals surface area (Å²) in [4.78, 5) is 38.1. The third kappa shape index (κ3) is 5.89. The van der Waals surface area contributed by atoms with E-state index in [1.807, 2.05) is 39.3 Å². The normalized spacial score (nSPS) is 11.3. The second-order valence-electron chi connectivity index (χ2n) is 8.55. The summed E-state index contributed by atoms with van der Waals surface area (Å²) in [7, 11) is 5.80. The molecule has 3 N–H and O–H groups in total. The Morgan fingerprint density at radius 2 is 1.94 bits per heavy atom. The van der Waals surface area contributed by atoms with Crippen molar-refractivity contribution < 1.29 is 14.2 Å². The van der Waals surface area contributed by atoms with Gasteiger partial charge >= 0.3 is 0 Å². The van der Waals surface area contributed by atoms with Crippen molar-refractivity contribution in [2.75, 3.05) is 40.0 Å². The van der Waals surface area contributed by atoms with Gasteiger partial charge in [0, 0.05) is 36.2 Å². The number of benzene rings is 1. The predicted octanol–water partition coefficient (Wildman–Crippen LogP) is 1.84. The molecule has 0 aliphatic heterocycles. The smallest absolute Gasteiger partial charge is 0.277 e. The number of aryl methyl sites for hydroxylation is 2. The number of hydrogen-bond donors (Lipinski definition) is 2. The maximum absolute atomic E-state index is 13.0. The van der Waals surface area contributed by atoms with Crippen molar-refractivity contribution in [2.45, 2.75) is 37.9 Å². The van der Waals surface area contributed by atoms with Crippen LogP contribution in [-0.2, 0) is 24.1 Å². The van der Waals surface area contributed by atoms with E-state index >= 15 is 0 Å². The fourth-order valence-electron chi connectivity index (χ4n) is 4.00. The Kier molecular flexibility index (Phi) is 9.00. The van der Waals surface area contributed by atoms with Crippen LogP contribution in [0.2, 0.25) is 0 Å². The number of amides is 2. The molecule has 3 aromatic rings. The van der Waals surface area contributed by atoms with Crippen LogP contribution < -0.4 is 15.6 Å². The molecule has 1 aromatic carbocycles. The van der Waals surface area contributed by atoms with Crippen LogP contribution in [0.3, 0.4) is 0 Å². The molecule has 0 radical (unpaired) electrons. The molecular formula is C24H34IN8O2+. The Labute approximate surface area is 219 Å². The zero-order valence-corrected chi connectivity index (χ0v) is 23.2. The summed E-state index contributed by atoms with van der Waals surface area (Å²) in [6, 6.07) is 5.80. The highest BCUT2D eigenvalue weighted by Crippen LogP contribution is 2.19. The van der Waals surface area contributed by atoms with E-state index in [2.05, 4.69) is 65.8 Å². The molecule has 0 saturated heterocycles. The fourth-order valence-corrected chi connectivity index (χ4v) is 4.37. The van der Waals surface area contributed by atoms with Gasteiger partial charge in [0.1, 0.15) is 6.54 Å². The average molecular weight is 593 g/mol. The topological polar surface area (TPSA) is 113 Å². The van der Waals surface area contributed by atoms with Crippen molar-refractivity contribution in [1.82, 2.24) is 29.7 Å². The van der Waals surface area contributed by atoms with Crippen molar-refractivity contribution in [3.8, 4) is 0 Å². The van der Waals surface area contributed by atoms with Crippen LogP contribution in [0, 0.1) is 0 Å². The Bertz CT molecular complexity index is 1220. The van der Waals surface area contributed by atoms with Crippen LogP contribution in [0.25, 0.3) is 11.0 Å². The van der Waals surface area contributed by atoms with E-state index in [1.54, 1.807) is 11.1 Å². The van der Waals surface area contributed by atoms with Crippen molar-refractivity contribution >= 4 is 51.3 Å². The minimum Gasteiger partial charge on any atom is -0.382 e. The number of aromatic nitrogens is 4. The van der Waals surface area contributed by atoms with Crippen LogP contribution in [0.1, 0.15) is 46.2 Å². The van der Waals surface area contributed by atoms with Crippen LogP contribution in [0.4, 0.5) is 5.82 Å². The standard InChI is InChI=1S/C24H33IN8O2/c1-6-32-18-9-8-16(24(35)31(5)11-10-30(3)4)12-19(18)33(7-2)20(32)15-28-23(34)21-22(26)27-14-17(13-25)29-21/h8-9,12,14H,6-7,10-11,13,15H2,1-5H3,(H2-,26,27,28,34)/p+1. The summed E-state index contributed by atoms with van der Waals surface area (Å²) < 4.78 is 4.92. The number of fused-ring (bicyclic) bond motifs is 1. The molecule has 0 atom stereocenters. The molecule has 0 aliphatic carbocycles. The number of anilines is 1. The maximum atomic E-state index is 13.0. The second kappa shape index (κ2) is 11.8. The molecule has 0 unspecified atom stereocenters. The van der Waals surface area contributed by atoms with E-state index in [4.69, 9.17) is 5.73 Å². The molecule has 35 heavy (non-hydrogen) atoms. The number of nitrogens with two attached hydrogens (primary N) is 1. The lowest BCUT2D eigenvalue weighted by atomic mass is 10.1. The molecule has 0 aliphatic rings. The number of alkyl halides is 1. The number of imidazole rings is 1. The van der Waals surface area contributed by atoms with Crippen LogP contribution >= 0.6 is 22.6 Å². The van der Waals surface area contributed by atoms with Gasteiger partial charge in [0.2, 0.25) is 0 Å². The quantitative estimate of drug-likeness (QED) is 0.211. The first kappa shape index (κ1) is 26.8. The van der Waals surface area contributed by atoms with Gasteiger partial charge in [-0.25, -0.2) is 19.1 Å². The lowest BCUT2D eigenvalue weighted by Crippen LogP contribution is -2.40. The number of nitrogen functional groups attached to an aromatic ring is 1. The second-order valence-corrected chi connectivity index (χ2v) is 9.31. The minimum absolute atomic E-state index is 0.0142. The molecule has 11 heteroatoms. The first-order valence-electron chi connectivity index (χ1n) is 11.6. The fraction of sp³-hybridized carbons (Fsp3) is 0.458. The zero-order valence-electron chi connectivity index (χ0n) is 21.0. The van der Waals surface area contributed by atoms with Crippen LogP contribution in [0.5, 0.6) is 0 Å². The number of carbonyl (C=O) groups excluding carboxylic acids is 2. The summed E-state index contributed by atoms with van der Waals surface area (Å²) in [5.74, 6) is 0.660. The first-order valence-corrected chi connectivity index (χ1v) is 13.1. The molecule has 3 rings (SSSR count).